The minimum absolute atomic E-state index is 0.000458. The van der Waals surface area contributed by atoms with Gasteiger partial charge in [0, 0.05) is 6.07 Å². The summed E-state index contributed by atoms with van der Waals surface area (Å²) in [6, 6.07) is 16.1. The van der Waals surface area contributed by atoms with Gasteiger partial charge in [-0.3, -0.25) is 9.59 Å². The van der Waals surface area contributed by atoms with Crippen molar-refractivity contribution in [2.45, 2.75) is 11.8 Å². The number of anilines is 3. The van der Waals surface area contributed by atoms with E-state index in [2.05, 4.69) is 5.32 Å². The highest BCUT2D eigenvalue weighted by molar-refractivity contribution is 7.93. The summed E-state index contributed by atoms with van der Waals surface area (Å²) >= 11 is 0. The van der Waals surface area contributed by atoms with E-state index in [1.54, 1.807) is 55.5 Å². The highest BCUT2D eigenvalue weighted by atomic mass is 32.2. The molecule has 0 aromatic heterocycles. The number of fused-ring (bicyclic) bond motifs is 2. The molecule has 11 heteroatoms. The van der Waals surface area contributed by atoms with Crippen molar-refractivity contribution in [3.8, 4) is 23.0 Å². The maximum atomic E-state index is 14.2. The van der Waals surface area contributed by atoms with Crippen LogP contribution in [0.2, 0.25) is 0 Å². The Balaban J connectivity index is 1.62. The van der Waals surface area contributed by atoms with E-state index >= 15 is 0 Å². The molecule has 2 aliphatic rings. The van der Waals surface area contributed by atoms with E-state index < -0.39 is 33.7 Å². The molecule has 5 rings (SSSR count). The summed E-state index contributed by atoms with van der Waals surface area (Å²) in [6.07, 6.45) is 0. The van der Waals surface area contributed by atoms with Crippen LogP contribution in [-0.4, -0.2) is 39.6 Å². The SMILES string of the molecule is COc1cc(OC)c(S(=O)(=O)N2c3ccccc3Oc3ccccc32)cc1NC(=O)[C@@H]1C(C)C1C(=O)O. The number of sulfonamides is 1. The van der Waals surface area contributed by atoms with Crippen molar-refractivity contribution in [3.63, 3.8) is 0 Å². The van der Waals surface area contributed by atoms with E-state index in [-0.39, 0.29) is 28.0 Å². The van der Waals surface area contributed by atoms with Crippen LogP contribution in [0, 0.1) is 17.8 Å². The topological polar surface area (TPSA) is 131 Å². The van der Waals surface area contributed by atoms with Gasteiger partial charge >= 0.3 is 5.97 Å². The third kappa shape index (κ3) is 4.01. The van der Waals surface area contributed by atoms with Crippen molar-refractivity contribution in [3.05, 3.63) is 60.7 Å². The lowest BCUT2D eigenvalue weighted by atomic mass is 10.2. The molecular weight excluding hydrogens is 500 g/mol. The Morgan fingerprint density at radius 1 is 0.919 bits per heavy atom. The van der Waals surface area contributed by atoms with Crippen LogP contribution in [0.4, 0.5) is 17.1 Å². The number of carboxylic acid groups (broad SMARTS) is 1. The molecule has 0 spiro atoms. The average Bonchev–Trinajstić information content (AvgIpc) is 3.58. The van der Waals surface area contributed by atoms with Crippen LogP contribution in [0.5, 0.6) is 23.0 Å². The Bertz CT molecular complexity index is 1480. The first-order valence-corrected chi connectivity index (χ1v) is 12.8. The van der Waals surface area contributed by atoms with E-state index in [9.17, 15) is 23.1 Å². The Kier molecular flexibility index (Phi) is 5.95. The number of carbonyl (C=O) groups excluding carboxylic acids is 1. The summed E-state index contributed by atoms with van der Waals surface area (Å²) in [6.45, 7) is 1.68. The number of carboxylic acids is 1. The van der Waals surface area contributed by atoms with Crippen LogP contribution in [-0.2, 0) is 19.6 Å². The van der Waals surface area contributed by atoms with Gasteiger partial charge < -0.3 is 24.6 Å². The smallest absolute Gasteiger partial charge is 0.307 e. The Morgan fingerprint density at radius 2 is 1.49 bits per heavy atom. The van der Waals surface area contributed by atoms with Crippen molar-refractivity contribution >= 4 is 39.0 Å². The van der Waals surface area contributed by atoms with Crippen molar-refractivity contribution in [2.75, 3.05) is 23.8 Å². The first-order chi connectivity index (χ1) is 17.7. The van der Waals surface area contributed by atoms with Crippen molar-refractivity contribution < 1.29 is 37.3 Å². The number of nitrogens with one attached hydrogen (secondary N) is 1. The normalized spacial score (nSPS) is 19.6. The fraction of sp³-hybridized carbons (Fsp3) is 0.231. The molecule has 2 unspecified atom stereocenters. The van der Waals surface area contributed by atoms with Crippen LogP contribution in [0.25, 0.3) is 0 Å². The van der Waals surface area contributed by atoms with Crippen LogP contribution in [0.15, 0.2) is 65.6 Å². The highest BCUT2D eigenvalue weighted by Crippen LogP contribution is 2.51. The molecule has 1 saturated carbocycles. The molecule has 1 amide bonds. The summed E-state index contributed by atoms with van der Waals surface area (Å²) in [4.78, 5) is 24.0. The zero-order valence-electron chi connectivity index (χ0n) is 20.2. The molecule has 3 aromatic carbocycles. The van der Waals surface area contributed by atoms with Crippen molar-refractivity contribution in [1.82, 2.24) is 0 Å². The van der Waals surface area contributed by atoms with Gasteiger partial charge in [-0.05, 0) is 36.2 Å². The van der Waals surface area contributed by atoms with Gasteiger partial charge in [0.05, 0.1) is 31.7 Å². The molecule has 1 fully saturated rings. The molecule has 3 aromatic rings. The van der Waals surface area contributed by atoms with E-state index in [0.717, 1.165) is 0 Å². The zero-order chi connectivity index (χ0) is 26.5. The number of aliphatic carboxylic acids is 1. The van der Waals surface area contributed by atoms with Gasteiger partial charge in [-0.1, -0.05) is 31.2 Å². The first-order valence-electron chi connectivity index (χ1n) is 11.4. The summed E-state index contributed by atoms with van der Waals surface area (Å²) in [5.74, 6) is -2.59. The Hall–Kier alpha value is -4.25. The number of hydrogen-bond acceptors (Lipinski definition) is 7. The van der Waals surface area contributed by atoms with Crippen LogP contribution < -0.4 is 23.8 Å². The predicted molar refractivity (Wildman–Crippen MR) is 134 cm³/mol. The van der Waals surface area contributed by atoms with Crippen LogP contribution in [0.1, 0.15) is 6.92 Å². The number of para-hydroxylation sites is 4. The van der Waals surface area contributed by atoms with Gasteiger partial charge in [-0.25, -0.2) is 12.7 Å². The fourth-order valence-corrected chi connectivity index (χ4v) is 6.34. The van der Waals surface area contributed by atoms with Gasteiger partial charge in [0.1, 0.15) is 27.8 Å². The maximum Gasteiger partial charge on any atom is 0.307 e. The molecule has 1 aliphatic carbocycles. The first kappa shape index (κ1) is 24.4. The summed E-state index contributed by atoms with van der Waals surface area (Å²) in [5, 5.41) is 12.0. The predicted octanol–water partition coefficient (Wildman–Crippen LogP) is 4.24. The Labute approximate surface area is 213 Å². The lowest BCUT2D eigenvalue weighted by Crippen LogP contribution is -2.29. The van der Waals surface area contributed by atoms with E-state index in [4.69, 9.17) is 14.2 Å². The van der Waals surface area contributed by atoms with Gasteiger partial charge in [-0.15, -0.1) is 0 Å². The number of nitrogens with zero attached hydrogens (tertiary/aromatic N) is 1. The summed E-state index contributed by atoms with van der Waals surface area (Å²) < 4.78 is 46.3. The number of benzene rings is 3. The molecule has 192 valence electrons. The molecular formula is C26H24N2O8S. The molecule has 1 heterocycles. The third-order valence-corrected chi connectivity index (χ3v) is 8.37. The van der Waals surface area contributed by atoms with Gasteiger partial charge in [-0.2, -0.15) is 0 Å². The largest absolute Gasteiger partial charge is 0.495 e. The Morgan fingerprint density at radius 3 is 2.00 bits per heavy atom. The second-order valence-electron chi connectivity index (χ2n) is 8.75. The number of methoxy groups -OCH3 is 2. The minimum atomic E-state index is -4.33. The van der Waals surface area contributed by atoms with E-state index in [1.165, 1.54) is 30.7 Å². The van der Waals surface area contributed by atoms with Crippen LogP contribution >= 0.6 is 0 Å². The lowest BCUT2D eigenvalue weighted by molar-refractivity contribution is -0.140. The molecule has 2 N–H and O–H groups in total. The standard InChI is InChI=1S/C26H24N2O8S/c1-14-23(24(14)26(30)31)25(29)27-15-12-22(21(35-3)13-20(15)34-2)37(32,33)28-16-8-4-6-10-18(16)36-19-11-7-5-9-17(19)28/h4-14,23-24H,1-3H3,(H,27,29)(H,30,31)/t14?,23-,24?/m1/s1. The molecule has 0 bridgehead atoms. The molecule has 3 atom stereocenters. The number of rotatable bonds is 7. The third-order valence-electron chi connectivity index (χ3n) is 6.62. The van der Waals surface area contributed by atoms with E-state index in [1.807, 2.05) is 0 Å². The summed E-state index contributed by atoms with van der Waals surface area (Å²) in [5.41, 5.74) is 0.687. The highest BCUT2D eigenvalue weighted by Gasteiger charge is 2.56. The summed E-state index contributed by atoms with van der Waals surface area (Å²) in [7, 11) is -1.63. The molecule has 1 aliphatic heterocycles. The van der Waals surface area contributed by atoms with Crippen molar-refractivity contribution in [2.24, 2.45) is 17.8 Å². The second-order valence-corrected chi connectivity index (χ2v) is 10.5. The van der Waals surface area contributed by atoms with Gasteiger partial charge in [0.2, 0.25) is 5.91 Å². The molecule has 10 nitrogen and oxygen atoms in total. The number of amides is 1. The molecule has 37 heavy (non-hydrogen) atoms. The molecule has 0 saturated heterocycles. The number of ether oxygens (including phenoxy) is 3. The fourth-order valence-electron chi connectivity index (χ4n) is 4.66. The zero-order valence-corrected chi connectivity index (χ0v) is 21.0. The minimum Gasteiger partial charge on any atom is -0.495 e. The quantitative estimate of drug-likeness (QED) is 0.469. The van der Waals surface area contributed by atoms with Crippen LogP contribution in [0.3, 0.4) is 0 Å². The van der Waals surface area contributed by atoms with Crippen molar-refractivity contribution in [1.29, 1.82) is 0 Å². The monoisotopic (exact) mass is 524 g/mol. The lowest BCUT2D eigenvalue weighted by Gasteiger charge is -2.32. The van der Waals surface area contributed by atoms with Gasteiger partial charge in [0.25, 0.3) is 10.0 Å². The second kappa shape index (κ2) is 9.00. The van der Waals surface area contributed by atoms with Gasteiger partial charge in [0.15, 0.2) is 11.5 Å². The average molecular weight is 525 g/mol. The molecule has 0 radical (unpaired) electrons. The maximum absolute atomic E-state index is 14.2. The van der Waals surface area contributed by atoms with E-state index in [0.29, 0.717) is 22.9 Å². The number of carbonyl (C=O) groups is 2. The number of hydrogen-bond donors (Lipinski definition) is 2.